The van der Waals surface area contributed by atoms with Gasteiger partial charge in [-0.15, -0.1) is 0 Å². The number of aliphatic carboxylic acids is 1. The van der Waals surface area contributed by atoms with Gasteiger partial charge in [0.05, 0.1) is 7.11 Å². The van der Waals surface area contributed by atoms with Gasteiger partial charge in [0.25, 0.3) is 0 Å². The van der Waals surface area contributed by atoms with Gasteiger partial charge in [-0.2, -0.15) is 4.98 Å². The molecule has 8 heteroatoms. The number of carbonyl (C=O) groups is 2. The SMILES string of the molecule is CCC(C)N(CC(=O)O)C(=O)CCc1nc(-c2ccc(OC)cc2)no1. The second-order valence-corrected chi connectivity index (χ2v) is 5.91. The number of carboxylic acids is 1. The highest BCUT2D eigenvalue weighted by atomic mass is 16.5. The molecule has 1 atom stereocenters. The molecular formula is C18H23N3O5. The predicted molar refractivity (Wildman–Crippen MR) is 93.7 cm³/mol. The molecule has 1 N–H and O–H groups in total. The molecule has 1 heterocycles. The topological polar surface area (TPSA) is 106 Å². The minimum Gasteiger partial charge on any atom is -0.497 e. The van der Waals surface area contributed by atoms with Gasteiger partial charge in [-0.3, -0.25) is 9.59 Å². The fourth-order valence-electron chi connectivity index (χ4n) is 2.43. The lowest BCUT2D eigenvalue weighted by Gasteiger charge is -2.26. The lowest BCUT2D eigenvalue weighted by atomic mass is 10.2. The highest BCUT2D eigenvalue weighted by Gasteiger charge is 2.22. The van der Waals surface area contributed by atoms with Crippen LogP contribution in [-0.2, 0) is 16.0 Å². The van der Waals surface area contributed by atoms with Gasteiger partial charge in [-0.1, -0.05) is 12.1 Å². The van der Waals surface area contributed by atoms with Crippen LogP contribution in [0.5, 0.6) is 5.75 Å². The summed E-state index contributed by atoms with van der Waals surface area (Å²) in [6, 6.07) is 7.08. The van der Waals surface area contributed by atoms with Crippen molar-refractivity contribution >= 4 is 11.9 Å². The number of rotatable bonds is 9. The van der Waals surface area contributed by atoms with Crippen molar-refractivity contribution in [3.8, 4) is 17.1 Å². The average molecular weight is 361 g/mol. The maximum Gasteiger partial charge on any atom is 0.323 e. The van der Waals surface area contributed by atoms with Crippen molar-refractivity contribution in [2.45, 2.75) is 39.2 Å². The minimum absolute atomic E-state index is 0.113. The number of hydrogen-bond donors (Lipinski definition) is 1. The maximum absolute atomic E-state index is 12.4. The number of ether oxygens (including phenoxy) is 1. The molecule has 2 aromatic rings. The van der Waals surface area contributed by atoms with Crippen LogP contribution in [0.2, 0.25) is 0 Å². The van der Waals surface area contributed by atoms with Crippen molar-refractivity contribution in [1.82, 2.24) is 15.0 Å². The first-order valence-corrected chi connectivity index (χ1v) is 8.42. The number of carbonyl (C=O) groups excluding carboxylic acids is 1. The summed E-state index contributed by atoms with van der Waals surface area (Å²) in [5.41, 5.74) is 0.777. The number of aryl methyl sites for hydroxylation is 1. The first kappa shape index (κ1) is 19.4. The van der Waals surface area contributed by atoms with E-state index >= 15 is 0 Å². The van der Waals surface area contributed by atoms with Crippen LogP contribution in [0.1, 0.15) is 32.6 Å². The van der Waals surface area contributed by atoms with Crippen molar-refractivity contribution in [2.75, 3.05) is 13.7 Å². The quantitative estimate of drug-likeness (QED) is 0.731. The standard InChI is InChI=1S/C18H23N3O5/c1-4-12(2)21(11-17(23)24)16(22)10-9-15-19-18(20-26-15)13-5-7-14(25-3)8-6-13/h5-8,12H,4,9-11H2,1-3H3,(H,23,24). The number of methoxy groups -OCH3 is 1. The summed E-state index contributed by atoms with van der Waals surface area (Å²) in [6.45, 7) is 3.43. The van der Waals surface area contributed by atoms with E-state index in [1.54, 1.807) is 19.2 Å². The molecular weight excluding hydrogens is 338 g/mol. The highest BCUT2D eigenvalue weighted by Crippen LogP contribution is 2.20. The van der Waals surface area contributed by atoms with Crippen LogP contribution >= 0.6 is 0 Å². The van der Waals surface area contributed by atoms with E-state index in [1.165, 1.54) is 4.90 Å². The largest absolute Gasteiger partial charge is 0.497 e. The Bertz CT molecular complexity index is 742. The molecule has 0 radical (unpaired) electrons. The summed E-state index contributed by atoms with van der Waals surface area (Å²) in [7, 11) is 1.59. The number of hydrogen-bond acceptors (Lipinski definition) is 6. The van der Waals surface area contributed by atoms with E-state index in [4.69, 9.17) is 14.4 Å². The Kier molecular flexibility index (Phi) is 6.71. The fraction of sp³-hybridized carbons (Fsp3) is 0.444. The second-order valence-electron chi connectivity index (χ2n) is 5.91. The Balaban J connectivity index is 1.99. The van der Waals surface area contributed by atoms with Gasteiger partial charge in [0.2, 0.25) is 17.6 Å². The molecule has 140 valence electrons. The smallest absolute Gasteiger partial charge is 0.323 e. The number of carboxylic acid groups (broad SMARTS) is 1. The predicted octanol–water partition coefficient (Wildman–Crippen LogP) is 2.39. The van der Waals surface area contributed by atoms with Crippen molar-refractivity contribution in [3.05, 3.63) is 30.2 Å². The number of nitrogens with zero attached hydrogens (tertiary/aromatic N) is 3. The zero-order valence-electron chi connectivity index (χ0n) is 15.1. The molecule has 0 bridgehead atoms. The lowest BCUT2D eigenvalue weighted by Crippen LogP contribution is -2.41. The van der Waals surface area contributed by atoms with E-state index in [0.717, 1.165) is 11.3 Å². The number of benzene rings is 1. The molecule has 1 aromatic heterocycles. The third kappa shape index (κ3) is 5.05. The molecule has 8 nitrogen and oxygen atoms in total. The zero-order chi connectivity index (χ0) is 19.1. The van der Waals surface area contributed by atoms with Gasteiger partial charge in [-0.05, 0) is 37.6 Å². The van der Waals surface area contributed by atoms with Gasteiger partial charge in [0.1, 0.15) is 12.3 Å². The minimum atomic E-state index is -1.03. The average Bonchev–Trinajstić information content (AvgIpc) is 3.12. The molecule has 0 fully saturated rings. The van der Waals surface area contributed by atoms with Crippen LogP contribution in [-0.4, -0.2) is 51.7 Å². The summed E-state index contributed by atoms with van der Waals surface area (Å²) in [5.74, 6) is 0.221. The molecule has 0 aliphatic rings. The van der Waals surface area contributed by atoms with Crippen molar-refractivity contribution in [3.63, 3.8) is 0 Å². The van der Waals surface area contributed by atoms with Crippen LogP contribution in [0.15, 0.2) is 28.8 Å². The highest BCUT2D eigenvalue weighted by molar-refractivity contribution is 5.81. The van der Waals surface area contributed by atoms with Crippen LogP contribution in [0.25, 0.3) is 11.4 Å². The Morgan fingerprint density at radius 3 is 2.58 bits per heavy atom. The molecule has 1 amide bonds. The second kappa shape index (κ2) is 8.98. The lowest BCUT2D eigenvalue weighted by molar-refractivity contribution is -0.146. The van der Waals surface area contributed by atoms with Crippen LogP contribution in [0.4, 0.5) is 0 Å². The Morgan fingerprint density at radius 2 is 2.00 bits per heavy atom. The van der Waals surface area contributed by atoms with E-state index in [9.17, 15) is 9.59 Å². The molecule has 0 aliphatic heterocycles. The summed E-state index contributed by atoms with van der Waals surface area (Å²) in [4.78, 5) is 29.0. The maximum atomic E-state index is 12.4. The fourth-order valence-corrected chi connectivity index (χ4v) is 2.43. The summed E-state index contributed by atoms with van der Waals surface area (Å²) >= 11 is 0. The first-order valence-electron chi connectivity index (χ1n) is 8.42. The zero-order valence-corrected chi connectivity index (χ0v) is 15.1. The number of amides is 1. The van der Waals surface area contributed by atoms with Gasteiger partial charge in [-0.25, -0.2) is 0 Å². The summed E-state index contributed by atoms with van der Waals surface area (Å²) in [6.07, 6.45) is 1.05. The van der Waals surface area contributed by atoms with Crippen molar-refractivity contribution in [1.29, 1.82) is 0 Å². The van der Waals surface area contributed by atoms with Crippen molar-refractivity contribution < 1.29 is 24.0 Å². The molecule has 0 saturated carbocycles. The Labute approximate surface area is 151 Å². The molecule has 26 heavy (non-hydrogen) atoms. The van der Waals surface area contributed by atoms with E-state index in [-0.39, 0.29) is 31.3 Å². The van der Waals surface area contributed by atoms with E-state index in [1.807, 2.05) is 26.0 Å². The Morgan fingerprint density at radius 1 is 1.31 bits per heavy atom. The Hall–Kier alpha value is -2.90. The van der Waals surface area contributed by atoms with Gasteiger partial charge in [0.15, 0.2) is 0 Å². The molecule has 1 unspecified atom stereocenters. The van der Waals surface area contributed by atoms with E-state index < -0.39 is 5.97 Å². The van der Waals surface area contributed by atoms with Crippen LogP contribution in [0.3, 0.4) is 0 Å². The first-order chi connectivity index (χ1) is 12.4. The molecule has 2 rings (SSSR count). The van der Waals surface area contributed by atoms with E-state index in [2.05, 4.69) is 10.1 Å². The molecule has 1 aromatic carbocycles. The normalized spacial score (nSPS) is 11.8. The third-order valence-corrected chi connectivity index (χ3v) is 4.12. The number of aromatic nitrogens is 2. The molecule has 0 aliphatic carbocycles. The van der Waals surface area contributed by atoms with Gasteiger partial charge >= 0.3 is 5.97 Å². The molecule has 0 spiro atoms. The van der Waals surface area contributed by atoms with E-state index in [0.29, 0.717) is 18.1 Å². The monoisotopic (exact) mass is 361 g/mol. The van der Waals surface area contributed by atoms with Gasteiger partial charge in [0, 0.05) is 24.4 Å². The third-order valence-electron chi connectivity index (χ3n) is 4.12. The van der Waals surface area contributed by atoms with Crippen LogP contribution in [0, 0.1) is 0 Å². The summed E-state index contributed by atoms with van der Waals surface area (Å²) < 4.78 is 10.3. The summed E-state index contributed by atoms with van der Waals surface area (Å²) in [5, 5.41) is 12.9. The van der Waals surface area contributed by atoms with Crippen molar-refractivity contribution in [2.24, 2.45) is 0 Å². The van der Waals surface area contributed by atoms with Gasteiger partial charge < -0.3 is 19.3 Å². The molecule has 0 saturated heterocycles. The van der Waals surface area contributed by atoms with Crippen LogP contribution < -0.4 is 4.74 Å².